The zero-order valence-corrected chi connectivity index (χ0v) is 14.1. The molecular formula is C16H30N4O. The summed E-state index contributed by atoms with van der Waals surface area (Å²) in [6, 6.07) is 2.05. The highest BCUT2D eigenvalue weighted by Crippen LogP contribution is 2.16. The monoisotopic (exact) mass is 294 g/mol. The smallest absolute Gasteiger partial charge is 0.238 e. The van der Waals surface area contributed by atoms with Gasteiger partial charge in [-0.05, 0) is 39.3 Å². The summed E-state index contributed by atoms with van der Waals surface area (Å²) in [6.45, 7) is 14.8. The van der Waals surface area contributed by atoms with Gasteiger partial charge in [0.25, 0.3) is 0 Å². The van der Waals surface area contributed by atoms with Gasteiger partial charge in [-0.3, -0.25) is 9.69 Å². The Bertz CT molecular complexity index is 390. The number of hydrogen-bond donors (Lipinski definition) is 1. The third-order valence-electron chi connectivity index (χ3n) is 4.77. The van der Waals surface area contributed by atoms with Crippen molar-refractivity contribution in [1.29, 1.82) is 5.26 Å². The first-order valence-corrected chi connectivity index (χ1v) is 8.03. The number of amides is 1. The molecule has 1 aliphatic rings. The van der Waals surface area contributed by atoms with Gasteiger partial charge < -0.3 is 10.2 Å². The van der Waals surface area contributed by atoms with E-state index >= 15 is 0 Å². The van der Waals surface area contributed by atoms with Gasteiger partial charge in [-0.2, -0.15) is 5.26 Å². The molecule has 1 N–H and O–H groups in total. The molecule has 1 fully saturated rings. The Labute approximate surface area is 129 Å². The minimum absolute atomic E-state index is 0.0438. The average Bonchev–Trinajstić information content (AvgIpc) is 2.71. The van der Waals surface area contributed by atoms with Crippen LogP contribution in [0.5, 0.6) is 0 Å². The fraction of sp³-hybridized carbons (Fsp3) is 0.875. The van der Waals surface area contributed by atoms with Crippen molar-refractivity contribution in [3.8, 4) is 6.07 Å². The Morgan fingerprint density at radius 2 is 1.95 bits per heavy atom. The number of nitrogens with one attached hydrogen (secondary N) is 1. The number of carbonyl (C=O) groups excluding carboxylic acids is 1. The van der Waals surface area contributed by atoms with Gasteiger partial charge in [0.05, 0.1) is 12.1 Å². The Hall–Kier alpha value is -1.12. The molecule has 0 spiro atoms. The van der Waals surface area contributed by atoms with E-state index in [1.54, 1.807) is 6.92 Å². The van der Waals surface area contributed by atoms with Crippen molar-refractivity contribution in [2.45, 2.75) is 52.6 Å². The van der Waals surface area contributed by atoms with Crippen LogP contribution >= 0.6 is 0 Å². The van der Waals surface area contributed by atoms with Crippen LogP contribution in [-0.2, 0) is 4.79 Å². The zero-order valence-electron chi connectivity index (χ0n) is 14.1. The predicted molar refractivity (Wildman–Crippen MR) is 84.8 cm³/mol. The van der Waals surface area contributed by atoms with E-state index in [1.165, 1.54) is 0 Å². The molecule has 2 atom stereocenters. The number of nitriles is 1. The minimum atomic E-state index is -0.799. The van der Waals surface area contributed by atoms with E-state index in [0.717, 1.165) is 39.1 Å². The lowest BCUT2D eigenvalue weighted by molar-refractivity contribution is -0.127. The van der Waals surface area contributed by atoms with Gasteiger partial charge in [0.2, 0.25) is 5.91 Å². The van der Waals surface area contributed by atoms with Crippen LogP contribution in [0.2, 0.25) is 0 Å². The van der Waals surface area contributed by atoms with Crippen LogP contribution in [0.1, 0.15) is 41.0 Å². The van der Waals surface area contributed by atoms with Crippen LogP contribution in [0.15, 0.2) is 0 Å². The van der Waals surface area contributed by atoms with Crippen LogP contribution in [0.3, 0.4) is 0 Å². The van der Waals surface area contributed by atoms with Gasteiger partial charge in [-0.1, -0.05) is 20.8 Å². The third-order valence-corrected chi connectivity index (χ3v) is 4.77. The molecule has 0 aromatic rings. The number of likely N-dealkylation sites (N-methyl/N-ethyl adjacent to an activating group) is 1. The van der Waals surface area contributed by atoms with Crippen molar-refractivity contribution in [2.75, 3.05) is 32.7 Å². The summed E-state index contributed by atoms with van der Waals surface area (Å²) in [5.74, 6) is 0.0380. The van der Waals surface area contributed by atoms with E-state index < -0.39 is 5.54 Å². The van der Waals surface area contributed by atoms with E-state index in [1.807, 2.05) is 20.8 Å². The van der Waals surface area contributed by atoms with Gasteiger partial charge in [-0.25, -0.2) is 0 Å². The standard InChI is InChI=1S/C16H30N4O/c1-6-19-8-7-9-20(11-10-19)14(4)15(21)18-16(5,12-17)13(2)3/h13-14H,6-11H2,1-5H3,(H,18,21)/t14-,16+/m1/s1. The lowest BCUT2D eigenvalue weighted by Crippen LogP contribution is -2.55. The molecule has 0 aliphatic carbocycles. The normalized spacial score (nSPS) is 22.1. The molecule has 1 saturated heterocycles. The zero-order chi connectivity index (χ0) is 16.0. The third kappa shape index (κ3) is 4.69. The lowest BCUT2D eigenvalue weighted by atomic mass is 9.89. The van der Waals surface area contributed by atoms with E-state index in [2.05, 4.69) is 28.1 Å². The fourth-order valence-corrected chi connectivity index (χ4v) is 2.52. The van der Waals surface area contributed by atoms with Crippen LogP contribution in [0.4, 0.5) is 0 Å². The molecule has 0 aromatic carbocycles. The maximum Gasteiger partial charge on any atom is 0.238 e. The van der Waals surface area contributed by atoms with Gasteiger partial charge >= 0.3 is 0 Å². The van der Waals surface area contributed by atoms with E-state index in [-0.39, 0.29) is 17.9 Å². The summed E-state index contributed by atoms with van der Waals surface area (Å²) in [6.07, 6.45) is 1.09. The predicted octanol–water partition coefficient (Wildman–Crippen LogP) is 1.46. The number of rotatable bonds is 5. The molecule has 1 aliphatic heterocycles. The Morgan fingerprint density at radius 3 is 2.48 bits per heavy atom. The molecule has 1 rings (SSSR count). The molecule has 120 valence electrons. The van der Waals surface area contributed by atoms with Crippen LogP contribution < -0.4 is 5.32 Å². The second-order valence-electron chi connectivity index (χ2n) is 6.46. The largest absolute Gasteiger partial charge is 0.336 e. The molecule has 1 heterocycles. The van der Waals surface area contributed by atoms with E-state index in [0.29, 0.717) is 0 Å². The second kappa shape index (κ2) is 7.77. The lowest BCUT2D eigenvalue weighted by Gasteiger charge is -2.32. The summed E-state index contributed by atoms with van der Waals surface area (Å²) in [4.78, 5) is 17.1. The van der Waals surface area contributed by atoms with Crippen LogP contribution in [-0.4, -0.2) is 60.0 Å². The molecule has 0 radical (unpaired) electrons. The SMILES string of the molecule is CCN1CCCN([C@H](C)C(=O)N[C@@](C)(C#N)C(C)C)CC1. The van der Waals surface area contributed by atoms with Gasteiger partial charge in [0, 0.05) is 19.6 Å². The summed E-state index contributed by atoms with van der Waals surface area (Å²) < 4.78 is 0. The Morgan fingerprint density at radius 1 is 1.29 bits per heavy atom. The van der Waals surface area contributed by atoms with Crippen molar-refractivity contribution < 1.29 is 4.79 Å². The van der Waals surface area contributed by atoms with Gasteiger partial charge in [-0.15, -0.1) is 0 Å². The van der Waals surface area contributed by atoms with Crippen molar-refractivity contribution >= 4 is 5.91 Å². The second-order valence-corrected chi connectivity index (χ2v) is 6.46. The molecule has 0 bridgehead atoms. The van der Waals surface area contributed by atoms with Crippen molar-refractivity contribution in [3.63, 3.8) is 0 Å². The fourth-order valence-electron chi connectivity index (χ4n) is 2.52. The van der Waals surface area contributed by atoms with Crippen LogP contribution in [0.25, 0.3) is 0 Å². The van der Waals surface area contributed by atoms with Gasteiger partial charge in [0.1, 0.15) is 5.54 Å². The van der Waals surface area contributed by atoms with Crippen molar-refractivity contribution in [1.82, 2.24) is 15.1 Å². The topological polar surface area (TPSA) is 59.4 Å². The highest BCUT2D eigenvalue weighted by Gasteiger charge is 2.33. The maximum atomic E-state index is 12.5. The Kier molecular flexibility index (Phi) is 6.63. The van der Waals surface area contributed by atoms with Gasteiger partial charge in [0.15, 0.2) is 0 Å². The molecule has 5 nitrogen and oxygen atoms in total. The summed E-state index contributed by atoms with van der Waals surface area (Å²) in [5.41, 5.74) is -0.799. The molecule has 0 unspecified atom stereocenters. The van der Waals surface area contributed by atoms with E-state index in [9.17, 15) is 10.1 Å². The minimum Gasteiger partial charge on any atom is -0.336 e. The first-order valence-electron chi connectivity index (χ1n) is 8.03. The number of nitrogens with zero attached hydrogens (tertiary/aromatic N) is 3. The highest BCUT2D eigenvalue weighted by molar-refractivity contribution is 5.82. The maximum absolute atomic E-state index is 12.5. The molecule has 0 saturated carbocycles. The van der Waals surface area contributed by atoms with E-state index in [4.69, 9.17) is 0 Å². The average molecular weight is 294 g/mol. The van der Waals surface area contributed by atoms with Crippen molar-refractivity contribution in [2.24, 2.45) is 5.92 Å². The Balaban J connectivity index is 2.64. The van der Waals surface area contributed by atoms with Crippen molar-refractivity contribution in [3.05, 3.63) is 0 Å². The first-order chi connectivity index (χ1) is 9.84. The molecule has 0 aromatic heterocycles. The molecule has 21 heavy (non-hydrogen) atoms. The highest BCUT2D eigenvalue weighted by atomic mass is 16.2. The molecular weight excluding hydrogens is 264 g/mol. The van der Waals surface area contributed by atoms with Crippen LogP contribution in [0, 0.1) is 17.2 Å². The summed E-state index contributed by atoms with van der Waals surface area (Å²) in [7, 11) is 0. The first kappa shape index (κ1) is 17.9. The number of hydrogen-bond acceptors (Lipinski definition) is 4. The summed E-state index contributed by atoms with van der Waals surface area (Å²) in [5, 5.41) is 12.3. The molecule has 5 heteroatoms. The summed E-state index contributed by atoms with van der Waals surface area (Å²) >= 11 is 0. The quantitative estimate of drug-likeness (QED) is 0.834. The number of carbonyl (C=O) groups is 1. The molecule has 1 amide bonds.